The van der Waals surface area contributed by atoms with Crippen LogP contribution in [0, 0.1) is 0 Å². The molecule has 0 bridgehead atoms. The quantitative estimate of drug-likeness (QED) is 0.456. The minimum atomic E-state index is -4.00. The molecule has 0 aromatic heterocycles. The molecule has 0 rings (SSSR count). The number of hydrogen-bond donors (Lipinski definition) is 0. The predicted octanol–water partition coefficient (Wildman–Crippen LogP) is 2.03. The summed E-state index contributed by atoms with van der Waals surface area (Å²) in [4.78, 5) is 0. The average Bonchev–Trinajstić information content (AvgIpc) is 0.722. The topological polar surface area (TPSA) is 0 Å². The lowest BCUT2D eigenvalue weighted by Gasteiger charge is -1.88. The highest BCUT2D eigenvalue weighted by molar-refractivity contribution is 4.26. The highest BCUT2D eigenvalue weighted by Gasteiger charge is 2.15. The summed E-state index contributed by atoms with van der Waals surface area (Å²) in [6, 6.07) is 0. The zero-order valence-corrected chi connectivity index (χ0v) is 3.86. The molecule has 8 heavy (non-hydrogen) atoms. The summed E-state index contributed by atoms with van der Waals surface area (Å²) in [7, 11) is 0. The van der Waals surface area contributed by atoms with Gasteiger partial charge in [0, 0.05) is 6.92 Å². The standard InChI is InChI=1S/C2H3F3.3FH/c1-2(3,4)5;;;/h1H3;3*1H. The fraction of sp³-hybridized carbons (Fsp3) is 1.00. The zero-order chi connectivity index (χ0) is 4.50. The molecule has 0 radical (unpaired) electrons. The summed E-state index contributed by atoms with van der Waals surface area (Å²) in [6.45, 7) is 0.188. The van der Waals surface area contributed by atoms with Crippen LogP contribution in [0.5, 0.6) is 0 Å². The van der Waals surface area contributed by atoms with Crippen LogP contribution in [0.15, 0.2) is 0 Å². The third-order valence-electron chi connectivity index (χ3n) is 0. The molecule has 0 unspecified atom stereocenters. The van der Waals surface area contributed by atoms with Crippen molar-refractivity contribution in [1.82, 2.24) is 0 Å². The van der Waals surface area contributed by atoms with Gasteiger partial charge in [0.2, 0.25) is 0 Å². The van der Waals surface area contributed by atoms with Crippen molar-refractivity contribution in [3.63, 3.8) is 0 Å². The van der Waals surface area contributed by atoms with Gasteiger partial charge in [-0.3, -0.25) is 14.1 Å². The second kappa shape index (κ2) is 6.58. The highest BCUT2D eigenvalue weighted by Crippen LogP contribution is 2.10. The van der Waals surface area contributed by atoms with E-state index in [2.05, 4.69) is 0 Å². The molecule has 0 aromatic rings. The lowest BCUT2D eigenvalue weighted by Crippen LogP contribution is -1.95. The van der Waals surface area contributed by atoms with E-state index in [1.165, 1.54) is 0 Å². The van der Waals surface area contributed by atoms with Gasteiger partial charge >= 0.3 is 6.18 Å². The Morgan fingerprint density at radius 2 is 0.875 bits per heavy atom. The fourth-order valence-corrected chi connectivity index (χ4v) is 0. The third-order valence-corrected chi connectivity index (χ3v) is 0. The summed E-state index contributed by atoms with van der Waals surface area (Å²) in [6.07, 6.45) is -4.00. The van der Waals surface area contributed by atoms with E-state index in [4.69, 9.17) is 0 Å². The summed E-state index contributed by atoms with van der Waals surface area (Å²) >= 11 is 0. The lowest BCUT2D eigenvalue weighted by molar-refractivity contribution is -0.110. The molecule has 56 valence electrons. The monoisotopic (exact) mass is 144 g/mol. The van der Waals surface area contributed by atoms with Gasteiger partial charge in [0.05, 0.1) is 0 Å². The molecule has 0 nitrogen and oxygen atoms in total. The maximum Gasteiger partial charge on any atom is 0.386 e. The van der Waals surface area contributed by atoms with Gasteiger partial charge in [-0.2, -0.15) is 13.2 Å². The molecule has 0 aliphatic heterocycles. The Labute approximate surface area is 41.8 Å². The van der Waals surface area contributed by atoms with Crippen LogP contribution in [-0.4, -0.2) is 6.18 Å². The molecule has 0 aromatic carbocycles. The SMILES string of the molecule is CC(F)(F)F.F.F.F. The van der Waals surface area contributed by atoms with E-state index in [9.17, 15) is 13.2 Å². The summed E-state index contributed by atoms with van der Waals surface area (Å²) in [5.41, 5.74) is 0. The molecule has 0 saturated carbocycles. The van der Waals surface area contributed by atoms with Crippen molar-refractivity contribution in [2.75, 3.05) is 0 Å². The first-order valence-corrected chi connectivity index (χ1v) is 1.07. The van der Waals surface area contributed by atoms with E-state index in [0.29, 0.717) is 0 Å². The molecule has 0 aliphatic rings. The summed E-state index contributed by atoms with van der Waals surface area (Å²) < 4.78 is 31.1. The Bertz CT molecular complexity index is 22.0. The number of alkyl halides is 3. The fourth-order valence-electron chi connectivity index (χ4n) is 0. The minimum absolute atomic E-state index is 0. The molecule has 6 heteroatoms. The van der Waals surface area contributed by atoms with Crippen molar-refractivity contribution in [2.45, 2.75) is 13.1 Å². The molecular formula is C2H6F6. The van der Waals surface area contributed by atoms with Gasteiger partial charge < -0.3 is 0 Å². The lowest BCUT2D eigenvalue weighted by atomic mass is 10.8. The van der Waals surface area contributed by atoms with Gasteiger partial charge in [-0.15, -0.1) is 0 Å². The number of rotatable bonds is 0. The maximum atomic E-state index is 10.4. The van der Waals surface area contributed by atoms with Crippen LogP contribution < -0.4 is 0 Å². The van der Waals surface area contributed by atoms with E-state index < -0.39 is 6.18 Å². The van der Waals surface area contributed by atoms with Crippen molar-refractivity contribution in [1.29, 1.82) is 0 Å². The Hall–Kier alpha value is -0.420. The molecular weight excluding hydrogens is 138 g/mol. The van der Waals surface area contributed by atoms with Crippen LogP contribution in [0.1, 0.15) is 6.92 Å². The zero-order valence-electron chi connectivity index (χ0n) is 3.86. The van der Waals surface area contributed by atoms with Crippen LogP contribution in [0.25, 0.3) is 0 Å². The Kier molecular flexibility index (Phi) is 21.1. The first-order chi connectivity index (χ1) is 2.00. The Morgan fingerprint density at radius 1 is 0.875 bits per heavy atom. The van der Waals surface area contributed by atoms with Crippen LogP contribution in [0.3, 0.4) is 0 Å². The van der Waals surface area contributed by atoms with E-state index >= 15 is 0 Å². The molecule has 0 amide bonds. The molecule has 0 fully saturated rings. The van der Waals surface area contributed by atoms with Gasteiger partial charge in [-0.25, -0.2) is 0 Å². The molecule has 0 heterocycles. The third kappa shape index (κ3) is 664. The summed E-state index contributed by atoms with van der Waals surface area (Å²) in [5.74, 6) is 0. The van der Waals surface area contributed by atoms with Gasteiger partial charge in [-0.05, 0) is 0 Å². The van der Waals surface area contributed by atoms with Crippen molar-refractivity contribution >= 4 is 0 Å². The van der Waals surface area contributed by atoms with Crippen molar-refractivity contribution in [3.05, 3.63) is 0 Å². The number of halogens is 6. The second-order valence-electron chi connectivity index (χ2n) is 0.781. The Morgan fingerprint density at radius 3 is 0.875 bits per heavy atom. The second-order valence-corrected chi connectivity index (χ2v) is 0.781. The van der Waals surface area contributed by atoms with E-state index in [1.54, 1.807) is 0 Å². The van der Waals surface area contributed by atoms with E-state index in [1.807, 2.05) is 0 Å². The van der Waals surface area contributed by atoms with E-state index in [-0.39, 0.29) is 21.0 Å². The predicted molar refractivity (Wildman–Crippen MR) is 19.2 cm³/mol. The average molecular weight is 144 g/mol. The van der Waals surface area contributed by atoms with Crippen molar-refractivity contribution in [2.24, 2.45) is 0 Å². The van der Waals surface area contributed by atoms with E-state index in [0.717, 1.165) is 0 Å². The van der Waals surface area contributed by atoms with Gasteiger partial charge in [0.25, 0.3) is 0 Å². The van der Waals surface area contributed by atoms with Crippen LogP contribution >= 0.6 is 0 Å². The van der Waals surface area contributed by atoms with Crippen LogP contribution in [0.4, 0.5) is 27.3 Å². The Balaban J connectivity index is -0.0000000267. The first-order valence-electron chi connectivity index (χ1n) is 1.07. The van der Waals surface area contributed by atoms with Gasteiger partial charge in [0.15, 0.2) is 0 Å². The highest BCUT2D eigenvalue weighted by atomic mass is 19.4. The molecule has 0 spiro atoms. The largest absolute Gasteiger partial charge is 0.386 e. The normalized spacial score (nSPS) is 7.50. The molecule has 0 saturated heterocycles. The summed E-state index contributed by atoms with van der Waals surface area (Å²) in [5, 5.41) is 0. The van der Waals surface area contributed by atoms with Gasteiger partial charge in [0.1, 0.15) is 0 Å². The number of hydrogen-bond acceptors (Lipinski definition) is 0. The molecule has 0 aliphatic carbocycles. The molecule has 0 N–H and O–H groups in total. The van der Waals surface area contributed by atoms with Crippen LogP contribution in [0.2, 0.25) is 0 Å². The maximum absolute atomic E-state index is 10.4. The minimum Gasteiger partial charge on any atom is -0.269 e. The van der Waals surface area contributed by atoms with Crippen molar-refractivity contribution < 1.29 is 27.3 Å². The van der Waals surface area contributed by atoms with Crippen molar-refractivity contribution in [3.8, 4) is 0 Å². The smallest absolute Gasteiger partial charge is 0.269 e. The van der Waals surface area contributed by atoms with Gasteiger partial charge in [-0.1, -0.05) is 0 Å². The van der Waals surface area contributed by atoms with Crippen LogP contribution in [-0.2, 0) is 0 Å². The first kappa shape index (κ1) is 25.6. The molecule has 0 atom stereocenters.